The van der Waals surface area contributed by atoms with Gasteiger partial charge >= 0.3 is 0 Å². The Labute approximate surface area is 188 Å². The van der Waals surface area contributed by atoms with Crippen LogP contribution in [-0.4, -0.2) is 61.0 Å². The number of methoxy groups -OCH3 is 1. The molecule has 7 nitrogen and oxygen atoms in total. The highest BCUT2D eigenvalue weighted by atomic mass is 32.2. The number of ether oxygens (including phenoxy) is 1. The van der Waals surface area contributed by atoms with Gasteiger partial charge in [-0.25, -0.2) is 9.97 Å². The minimum Gasteiger partial charge on any atom is -0.495 e. The molecule has 0 spiro atoms. The highest BCUT2D eigenvalue weighted by Gasteiger charge is 2.23. The Balaban J connectivity index is 1.34. The maximum Gasteiger partial charge on any atom is 0.230 e. The average molecular weight is 442 g/mol. The van der Waals surface area contributed by atoms with Gasteiger partial charge in [-0.15, -0.1) is 0 Å². The molecule has 1 saturated carbocycles. The molecule has 1 aliphatic heterocycles. The first kappa shape index (κ1) is 21.7. The number of hydrogen-bond donors (Lipinski definition) is 1. The van der Waals surface area contributed by atoms with Crippen molar-refractivity contribution in [1.29, 1.82) is 0 Å². The molecule has 1 aromatic carbocycles. The summed E-state index contributed by atoms with van der Waals surface area (Å²) in [5.74, 6) is 2.24. The van der Waals surface area contributed by atoms with E-state index in [9.17, 15) is 4.79 Å². The molecule has 166 valence electrons. The van der Waals surface area contributed by atoms with E-state index in [0.29, 0.717) is 11.8 Å². The Bertz CT molecular complexity index is 867. The number of piperazine rings is 1. The fourth-order valence-corrected chi connectivity index (χ4v) is 5.13. The molecular weight excluding hydrogens is 410 g/mol. The topological polar surface area (TPSA) is 70.6 Å². The van der Waals surface area contributed by atoms with Crippen LogP contribution in [0.25, 0.3) is 0 Å². The zero-order valence-corrected chi connectivity index (χ0v) is 18.9. The van der Waals surface area contributed by atoms with Crippen molar-refractivity contribution in [2.45, 2.75) is 43.2 Å². The smallest absolute Gasteiger partial charge is 0.230 e. The summed E-state index contributed by atoms with van der Waals surface area (Å²) in [6.45, 7) is 3.45. The third kappa shape index (κ3) is 5.61. The van der Waals surface area contributed by atoms with Crippen LogP contribution < -0.4 is 19.9 Å². The highest BCUT2D eigenvalue weighted by Crippen LogP contribution is 2.31. The molecule has 2 fully saturated rings. The zero-order valence-electron chi connectivity index (χ0n) is 18.1. The number of nitrogens with one attached hydrogen (secondary N) is 1. The molecule has 1 amide bonds. The predicted molar refractivity (Wildman–Crippen MR) is 125 cm³/mol. The van der Waals surface area contributed by atoms with Crippen molar-refractivity contribution < 1.29 is 9.53 Å². The number of aromatic nitrogens is 2. The van der Waals surface area contributed by atoms with E-state index in [4.69, 9.17) is 4.74 Å². The lowest BCUT2D eigenvalue weighted by molar-refractivity contribution is -0.119. The molecule has 1 saturated heterocycles. The van der Waals surface area contributed by atoms with E-state index < -0.39 is 0 Å². The second kappa shape index (κ2) is 10.7. The normalized spacial score (nSPS) is 17.5. The van der Waals surface area contributed by atoms with Gasteiger partial charge in [-0.3, -0.25) is 4.79 Å². The second-order valence-electron chi connectivity index (χ2n) is 8.02. The van der Waals surface area contributed by atoms with E-state index in [1.807, 2.05) is 18.2 Å². The van der Waals surface area contributed by atoms with Crippen LogP contribution >= 0.6 is 11.8 Å². The fraction of sp³-hybridized carbons (Fsp3) is 0.522. The van der Waals surface area contributed by atoms with Crippen molar-refractivity contribution in [3.63, 3.8) is 0 Å². The van der Waals surface area contributed by atoms with Gasteiger partial charge in [0.1, 0.15) is 10.8 Å². The van der Waals surface area contributed by atoms with Gasteiger partial charge in [0.15, 0.2) is 5.82 Å². The lowest BCUT2D eigenvalue weighted by atomic mass is 9.95. The number of amides is 1. The van der Waals surface area contributed by atoms with Crippen molar-refractivity contribution in [3.8, 4) is 5.75 Å². The molecule has 0 unspecified atom stereocenters. The van der Waals surface area contributed by atoms with Gasteiger partial charge in [0.2, 0.25) is 5.91 Å². The van der Waals surface area contributed by atoms with Crippen molar-refractivity contribution in [1.82, 2.24) is 15.3 Å². The minimum absolute atomic E-state index is 0.0921. The summed E-state index contributed by atoms with van der Waals surface area (Å²) in [7, 11) is 1.71. The largest absolute Gasteiger partial charge is 0.495 e. The summed E-state index contributed by atoms with van der Waals surface area (Å²) in [6.07, 6.45) is 9.35. The quantitative estimate of drug-likeness (QED) is 0.661. The molecule has 1 aromatic heterocycles. The van der Waals surface area contributed by atoms with Crippen LogP contribution in [0.15, 0.2) is 41.7 Å². The van der Waals surface area contributed by atoms with Crippen LogP contribution in [0.2, 0.25) is 0 Å². The summed E-state index contributed by atoms with van der Waals surface area (Å²) in [5.41, 5.74) is 1.12. The predicted octanol–water partition coefficient (Wildman–Crippen LogP) is 3.35. The SMILES string of the molecule is COc1ccccc1N1CCN(c2nccnc2SCC(=O)NC2CCCCC2)CC1. The van der Waals surface area contributed by atoms with Crippen molar-refractivity contribution in [2.75, 3.05) is 48.8 Å². The first-order chi connectivity index (χ1) is 15.2. The maximum atomic E-state index is 12.4. The molecule has 4 rings (SSSR count). The Kier molecular flexibility index (Phi) is 7.51. The number of nitrogens with zero attached hydrogens (tertiary/aromatic N) is 4. The molecular formula is C23H31N5O2S. The molecule has 31 heavy (non-hydrogen) atoms. The molecule has 0 atom stereocenters. The summed E-state index contributed by atoms with van der Waals surface area (Å²) >= 11 is 1.48. The molecule has 2 aliphatic rings. The minimum atomic E-state index is 0.0921. The summed E-state index contributed by atoms with van der Waals surface area (Å²) in [5, 5.41) is 4.01. The van der Waals surface area contributed by atoms with Gasteiger partial charge in [-0.1, -0.05) is 43.2 Å². The molecule has 1 N–H and O–H groups in total. The Hall–Kier alpha value is -2.48. The first-order valence-electron chi connectivity index (χ1n) is 11.1. The van der Waals surface area contributed by atoms with E-state index >= 15 is 0 Å². The molecule has 8 heteroatoms. The molecule has 2 aromatic rings. The molecule has 0 bridgehead atoms. The number of anilines is 2. The number of carbonyl (C=O) groups is 1. The van der Waals surface area contributed by atoms with E-state index in [0.717, 1.165) is 61.3 Å². The monoisotopic (exact) mass is 441 g/mol. The van der Waals surface area contributed by atoms with Crippen molar-refractivity contribution in [3.05, 3.63) is 36.7 Å². The van der Waals surface area contributed by atoms with Gasteiger partial charge in [-0.2, -0.15) is 0 Å². The van der Waals surface area contributed by atoms with Crippen molar-refractivity contribution in [2.24, 2.45) is 0 Å². The second-order valence-corrected chi connectivity index (χ2v) is 8.99. The average Bonchev–Trinajstić information content (AvgIpc) is 2.84. The summed E-state index contributed by atoms with van der Waals surface area (Å²) < 4.78 is 5.52. The highest BCUT2D eigenvalue weighted by molar-refractivity contribution is 8.00. The lowest BCUT2D eigenvalue weighted by Crippen LogP contribution is -2.47. The summed E-state index contributed by atoms with van der Waals surface area (Å²) in [4.78, 5) is 26.1. The van der Waals surface area contributed by atoms with E-state index in [-0.39, 0.29) is 5.91 Å². The van der Waals surface area contributed by atoms with Gasteiger partial charge < -0.3 is 19.9 Å². The third-order valence-electron chi connectivity index (χ3n) is 5.96. The zero-order chi connectivity index (χ0) is 21.5. The number of benzene rings is 1. The number of hydrogen-bond acceptors (Lipinski definition) is 7. The summed E-state index contributed by atoms with van der Waals surface area (Å²) in [6, 6.07) is 8.47. The van der Waals surface area contributed by atoms with Crippen LogP contribution in [0, 0.1) is 0 Å². The van der Waals surface area contributed by atoms with Gasteiger partial charge in [0, 0.05) is 44.6 Å². The Morgan fingerprint density at radius 3 is 2.55 bits per heavy atom. The van der Waals surface area contributed by atoms with Gasteiger partial charge in [0.25, 0.3) is 0 Å². The van der Waals surface area contributed by atoms with E-state index in [1.54, 1.807) is 19.5 Å². The van der Waals surface area contributed by atoms with Crippen LogP contribution in [0.5, 0.6) is 5.75 Å². The van der Waals surface area contributed by atoms with Gasteiger partial charge in [-0.05, 0) is 25.0 Å². The number of rotatable bonds is 7. The molecule has 1 aliphatic carbocycles. The third-order valence-corrected chi connectivity index (χ3v) is 6.93. The Morgan fingerprint density at radius 2 is 1.77 bits per heavy atom. The number of para-hydroxylation sites is 2. The van der Waals surface area contributed by atoms with Crippen LogP contribution in [0.1, 0.15) is 32.1 Å². The van der Waals surface area contributed by atoms with Gasteiger partial charge in [0.05, 0.1) is 18.6 Å². The maximum absolute atomic E-state index is 12.4. The fourth-order valence-electron chi connectivity index (χ4n) is 4.34. The van der Waals surface area contributed by atoms with E-state index in [1.165, 1.54) is 31.0 Å². The number of carbonyl (C=O) groups excluding carboxylic acids is 1. The Morgan fingerprint density at radius 1 is 1.06 bits per heavy atom. The first-order valence-corrected chi connectivity index (χ1v) is 12.1. The van der Waals surface area contributed by atoms with Crippen LogP contribution in [0.4, 0.5) is 11.5 Å². The molecule has 0 radical (unpaired) electrons. The van der Waals surface area contributed by atoms with Crippen molar-refractivity contribution >= 4 is 29.2 Å². The number of thioether (sulfide) groups is 1. The standard InChI is InChI=1S/C23H31N5O2S/c1-30-20-10-6-5-9-19(20)27-13-15-28(16-14-27)22-23(25-12-11-24-22)31-17-21(29)26-18-7-3-2-4-8-18/h5-6,9-12,18H,2-4,7-8,13-17H2,1H3,(H,26,29). The van der Waals surface area contributed by atoms with Crippen LogP contribution in [0.3, 0.4) is 0 Å². The molecule has 2 heterocycles. The van der Waals surface area contributed by atoms with E-state index in [2.05, 4.69) is 31.2 Å². The van der Waals surface area contributed by atoms with Crippen LogP contribution in [-0.2, 0) is 4.79 Å². The lowest BCUT2D eigenvalue weighted by Gasteiger charge is -2.37.